The lowest BCUT2D eigenvalue weighted by molar-refractivity contribution is 0.195. The quantitative estimate of drug-likeness (QED) is 0.799. The van der Waals surface area contributed by atoms with Crippen LogP contribution >= 0.6 is 0 Å². The second kappa shape index (κ2) is 6.61. The van der Waals surface area contributed by atoms with E-state index in [1.54, 1.807) is 0 Å². The van der Waals surface area contributed by atoms with E-state index < -0.39 is 0 Å². The fourth-order valence-electron chi connectivity index (χ4n) is 1.99. The van der Waals surface area contributed by atoms with Gasteiger partial charge >= 0.3 is 0 Å². The van der Waals surface area contributed by atoms with Gasteiger partial charge in [-0.05, 0) is 44.5 Å². The monoisotopic (exact) mass is 221 g/mol. The first-order valence-corrected chi connectivity index (χ1v) is 6.02. The van der Waals surface area contributed by atoms with Crippen molar-refractivity contribution in [3.8, 4) is 0 Å². The molecule has 0 spiro atoms. The molecular weight excluding hydrogens is 198 g/mol. The van der Waals surface area contributed by atoms with Crippen molar-refractivity contribution in [2.45, 2.75) is 45.8 Å². The summed E-state index contributed by atoms with van der Waals surface area (Å²) in [6.45, 7) is 8.53. The Balaban J connectivity index is 2.55. The summed E-state index contributed by atoms with van der Waals surface area (Å²) in [6, 6.07) is 4.93. The highest BCUT2D eigenvalue weighted by Gasteiger charge is 2.13. The summed E-state index contributed by atoms with van der Waals surface area (Å²) in [6.07, 6.45) is 4.73. The van der Waals surface area contributed by atoms with Gasteiger partial charge in [-0.1, -0.05) is 6.92 Å². The van der Waals surface area contributed by atoms with Crippen LogP contribution in [0.4, 0.5) is 0 Å². The number of pyridine rings is 1. The molecule has 3 nitrogen and oxygen atoms in total. The Labute approximate surface area is 98.7 Å². The summed E-state index contributed by atoms with van der Waals surface area (Å²) in [7, 11) is 0. The zero-order chi connectivity index (χ0) is 12.0. The SMILES string of the molecule is CCN(Cc1ccncc1)C(C)CC(C)N. The van der Waals surface area contributed by atoms with Crippen LogP contribution in [-0.4, -0.2) is 28.5 Å². The van der Waals surface area contributed by atoms with Crippen molar-refractivity contribution in [3.05, 3.63) is 30.1 Å². The largest absolute Gasteiger partial charge is 0.328 e. The molecule has 1 rings (SSSR count). The Morgan fingerprint density at radius 2 is 1.94 bits per heavy atom. The van der Waals surface area contributed by atoms with E-state index >= 15 is 0 Å². The number of rotatable bonds is 6. The van der Waals surface area contributed by atoms with Crippen LogP contribution in [0.3, 0.4) is 0 Å². The molecule has 0 fully saturated rings. The average molecular weight is 221 g/mol. The molecule has 2 unspecified atom stereocenters. The van der Waals surface area contributed by atoms with Gasteiger partial charge in [0.05, 0.1) is 0 Å². The molecule has 1 heterocycles. The van der Waals surface area contributed by atoms with E-state index in [4.69, 9.17) is 5.73 Å². The molecule has 0 aliphatic rings. The molecule has 0 radical (unpaired) electrons. The van der Waals surface area contributed by atoms with Gasteiger partial charge in [0.2, 0.25) is 0 Å². The van der Waals surface area contributed by atoms with Crippen molar-refractivity contribution in [1.29, 1.82) is 0 Å². The number of hydrogen-bond acceptors (Lipinski definition) is 3. The minimum absolute atomic E-state index is 0.265. The van der Waals surface area contributed by atoms with E-state index in [0.29, 0.717) is 6.04 Å². The highest BCUT2D eigenvalue weighted by Crippen LogP contribution is 2.10. The Bertz CT molecular complexity index is 284. The predicted octanol–water partition coefficient (Wildman–Crippen LogP) is 2.03. The molecule has 0 aliphatic carbocycles. The minimum atomic E-state index is 0.265. The number of hydrogen-bond donors (Lipinski definition) is 1. The van der Waals surface area contributed by atoms with Gasteiger partial charge in [0, 0.05) is 31.0 Å². The van der Waals surface area contributed by atoms with E-state index in [1.807, 2.05) is 12.4 Å². The highest BCUT2D eigenvalue weighted by molar-refractivity contribution is 5.09. The molecule has 1 aromatic heterocycles. The van der Waals surface area contributed by atoms with Gasteiger partial charge in [0.15, 0.2) is 0 Å². The lowest BCUT2D eigenvalue weighted by Crippen LogP contribution is -2.36. The van der Waals surface area contributed by atoms with Crippen molar-refractivity contribution >= 4 is 0 Å². The van der Waals surface area contributed by atoms with Gasteiger partial charge in [0.25, 0.3) is 0 Å². The summed E-state index contributed by atoms with van der Waals surface area (Å²) in [5, 5.41) is 0. The summed E-state index contributed by atoms with van der Waals surface area (Å²) in [5.41, 5.74) is 7.16. The predicted molar refractivity (Wildman–Crippen MR) is 68.0 cm³/mol. The van der Waals surface area contributed by atoms with Crippen LogP contribution in [0.1, 0.15) is 32.8 Å². The van der Waals surface area contributed by atoms with E-state index in [1.165, 1.54) is 5.56 Å². The van der Waals surface area contributed by atoms with Crippen molar-refractivity contribution < 1.29 is 0 Å². The summed E-state index contributed by atoms with van der Waals surface area (Å²) in [4.78, 5) is 6.48. The molecule has 90 valence electrons. The van der Waals surface area contributed by atoms with Gasteiger partial charge < -0.3 is 5.73 Å². The summed E-state index contributed by atoms with van der Waals surface area (Å²) >= 11 is 0. The van der Waals surface area contributed by atoms with Crippen LogP contribution in [0, 0.1) is 0 Å². The molecule has 0 amide bonds. The number of nitrogens with zero attached hydrogens (tertiary/aromatic N) is 2. The van der Waals surface area contributed by atoms with Crippen LogP contribution in [0.15, 0.2) is 24.5 Å². The standard InChI is InChI=1S/C13H23N3/c1-4-16(12(3)9-11(2)14)10-13-5-7-15-8-6-13/h5-8,11-12H,4,9-10,14H2,1-3H3. The fraction of sp³-hybridized carbons (Fsp3) is 0.615. The van der Waals surface area contributed by atoms with E-state index in [-0.39, 0.29) is 6.04 Å². The summed E-state index contributed by atoms with van der Waals surface area (Å²) < 4.78 is 0. The zero-order valence-electron chi connectivity index (χ0n) is 10.6. The maximum Gasteiger partial charge on any atom is 0.0271 e. The Morgan fingerprint density at radius 1 is 1.31 bits per heavy atom. The molecule has 16 heavy (non-hydrogen) atoms. The number of nitrogens with two attached hydrogens (primary N) is 1. The normalized spacial score (nSPS) is 15.1. The van der Waals surface area contributed by atoms with Gasteiger partial charge in [-0.15, -0.1) is 0 Å². The Kier molecular flexibility index (Phi) is 5.43. The zero-order valence-corrected chi connectivity index (χ0v) is 10.6. The second-order valence-electron chi connectivity index (χ2n) is 4.48. The minimum Gasteiger partial charge on any atom is -0.328 e. The third kappa shape index (κ3) is 4.29. The van der Waals surface area contributed by atoms with Crippen LogP contribution in [-0.2, 0) is 6.54 Å². The fourth-order valence-corrected chi connectivity index (χ4v) is 1.99. The topological polar surface area (TPSA) is 42.2 Å². The molecule has 0 saturated heterocycles. The third-order valence-electron chi connectivity index (χ3n) is 2.88. The number of aromatic nitrogens is 1. The van der Waals surface area contributed by atoms with Crippen LogP contribution in [0.25, 0.3) is 0 Å². The summed E-state index contributed by atoms with van der Waals surface area (Å²) in [5.74, 6) is 0. The van der Waals surface area contributed by atoms with Crippen LogP contribution in [0.2, 0.25) is 0 Å². The van der Waals surface area contributed by atoms with Crippen LogP contribution < -0.4 is 5.73 Å². The molecule has 2 N–H and O–H groups in total. The first-order chi connectivity index (χ1) is 7.63. The molecule has 3 heteroatoms. The third-order valence-corrected chi connectivity index (χ3v) is 2.88. The maximum atomic E-state index is 5.84. The molecule has 0 aliphatic heterocycles. The second-order valence-corrected chi connectivity index (χ2v) is 4.48. The molecule has 2 atom stereocenters. The average Bonchev–Trinajstić information content (AvgIpc) is 2.26. The smallest absolute Gasteiger partial charge is 0.0271 e. The first kappa shape index (κ1) is 13.1. The molecule has 0 aromatic carbocycles. The van der Waals surface area contributed by atoms with Crippen molar-refractivity contribution in [1.82, 2.24) is 9.88 Å². The highest BCUT2D eigenvalue weighted by atomic mass is 15.1. The van der Waals surface area contributed by atoms with Gasteiger partial charge in [-0.2, -0.15) is 0 Å². The molecule has 0 saturated carbocycles. The van der Waals surface area contributed by atoms with Gasteiger partial charge in [-0.25, -0.2) is 0 Å². The van der Waals surface area contributed by atoms with Crippen LogP contribution in [0.5, 0.6) is 0 Å². The van der Waals surface area contributed by atoms with E-state index in [2.05, 4.69) is 42.8 Å². The lowest BCUT2D eigenvalue weighted by Gasteiger charge is -2.29. The van der Waals surface area contributed by atoms with Gasteiger partial charge in [-0.3, -0.25) is 9.88 Å². The lowest BCUT2D eigenvalue weighted by atomic mass is 10.1. The van der Waals surface area contributed by atoms with Crippen molar-refractivity contribution in [2.75, 3.05) is 6.54 Å². The van der Waals surface area contributed by atoms with Crippen molar-refractivity contribution in [3.63, 3.8) is 0 Å². The van der Waals surface area contributed by atoms with E-state index in [0.717, 1.165) is 19.5 Å². The van der Waals surface area contributed by atoms with Gasteiger partial charge in [0.1, 0.15) is 0 Å². The Hall–Kier alpha value is -0.930. The molecule has 1 aromatic rings. The van der Waals surface area contributed by atoms with Crippen molar-refractivity contribution in [2.24, 2.45) is 5.73 Å². The molecular formula is C13H23N3. The van der Waals surface area contributed by atoms with E-state index in [9.17, 15) is 0 Å². The molecule has 0 bridgehead atoms. The Morgan fingerprint density at radius 3 is 2.44 bits per heavy atom. The maximum absolute atomic E-state index is 5.84. The first-order valence-electron chi connectivity index (χ1n) is 6.02.